The first-order chi connectivity index (χ1) is 8.31. The number of carbonyl (C=O) groups is 1. The minimum Gasteiger partial charge on any atom is -0.444 e. The van der Waals surface area contributed by atoms with E-state index in [1.807, 2.05) is 6.92 Å². The van der Waals surface area contributed by atoms with Crippen molar-refractivity contribution >= 4 is 5.91 Å². The molecule has 0 spiro atoms. The zero-order chi connectivity index (χ0) is 12.1. The second-order valence-electron chi connectivity index (χ2n) is 3.42. The molecule has 0 aliphatic carbocycles. The maximum atomic E-state index is 11.6. The lowest BCUT2D eigenvalue weighted by Crippen LogP contribution is -2.24. The van der Waals surface area contributed by atoms with E-state index in [0.717, 1.165) is 6.42 Å². The number of oxazole rings is 1. The molecule has 2 aromatic heterocycles. The van der Waals surface area contributed by atoms with Crippen LogP contribution in [0.15, 0.2) is 29.4 Å². The Morgan fingerprint density at radius 3 is 2.88 bits per heavy atom. The van der Waals surface area contributed by atoms with Crippen LogP contribution in [0.25, 0.3) is 11.5 Å². The highest BCUT2D eigenvalue weighted by atomic mass is 16.3. The van der Waals surface area contributed by atoms with Crippen molar-refractivity contribution in [3.63, 3.8) is 0 Å². The predicted octanol–water partition coefficient (Wildman–Crippen LogP) is 1.27. The quantitative estimate of drug-likeness (QED) is 0.858. The number of rotatable bonds is 4. The fourth-order valence-corrected chi connectivity index (χ4v) is 1.25. The molecule has 0 aromatic carbocycles. The van der Waals surface area contributed by atoms with E-state index in [4.69, 9.17) is 4.42 Å². The van der Waals surface area contributed by atoms with E-state index in [1.54, 1.807) is 12.4 Å². The van der Waals surface area contributed by atoms with E-state index in [0.29, 0.717) is 18.0 Å². The van der Waals surface area contributed by atoms with E-state index < -0.39 is 0 Å². The minimum atomic E-state index is -0.237. The second-order valence-corrected chi connectivity index (χ2v) is 3.42. The van der Waals surface area contributed by atoms with Crippen LogP contribution < -0.4 is 5.32 Å². The molecule has 17 heavy (non-hydrogen) atoms. The maximum Gasteiger partial charge on any atom is 0.273 e. The maximum absolute atomic E-state index is 11.6. The van der Waals surface area contributed by atoms with Gasteiger partial charge >= 0.3 is 0 Å². The van der Waals surface area contributed by atoms with Crippen molar-refractivity contribution < 1.29 is 9.21 Å². The van der Waals surface area contributed by atoms with Gasteiger partial charge in [0.1, 0.15) is 12.6 Å². The molecule has 6 nitrogen and oxygen atoms in total. The molecule has 0 atom stereocenters. The van der Waals surface area contributed by atoms with Crippen LogP contribution in [0.2, 0.25) is 0 Å². The van der Waals surface area contributed by atoms with Crippen molar-refractivity contribution in [1.29, 1.82) is 0 Å². The molecule has 0 radical (unpaired) electrons. The first-order valence-electron chi connectivity index (χ1n) is 5.30. The molecule has 0 aliphatic rings. The normalized spacial score (nSPS) is 10.2. The number of hydrogen-bond donors (Lipinski definition) is 1. The standard InChI is InChI=1S/C11H12N4O2/c1-2-3-14-10(16)9-6-17-11(15-9)8-4-12-7-13-5-8/h4-7H,2-3H2,1H3,(H,14,16). The van der Waals surface area contributed by atoms with Gasteiger partial charge in [-0.1, -0.05) is 6.92 Å². The van der Waals surface area contributed by atoms with Crippen LogP contribution >= 0.6 is 0 Å². The Kier molecular flexibility index (Phi) is 3.44. The number of carbonyl (C=O) groups excluding carboxylic acids is 1. The minimum absolute atomic E-state index is 0.237. The molecule has 0 fully saturated rings. The number of hydrogen-bond acceptors (Lipinski definition) is 5. The number of nitrogens with one attached hydrogen (secondary N) is 1. The van der Waals surface area contributed by atoms with E-state index in [1.165, 1.54) is 12.6 Å². The molecule has 0 saturated heterocycles. The fourth-order valence-electron chi connectivity index (χ4n) is 1.25. The molecule has 0 aliphatic heterocycles. The van der Waals surface area contributed by atoms with Gasteiger partial charge in [-0.05, 0) is 6.42 Å². The molecule has 1 N–H and O–H groups in total. The molecule has 2 aromatic rings. The highest BCUT2D eigenvalue weighted by molar-refractivity contribution is 5.92. The molecule has 0 unspecified atom stereocenters. The van der Waals surface area contributed by atoms with Gasteiger partial charge in [0.05, 0.1) is 5.56 Å². The Morgan fingerprint density at radius 2 is 2.18 bits per heavy atom. The van der Waals surface area contributed by atoms with Gasteiger partial charge in [-0.2, -0.15) is 0 Å². The monoisotopic (exact) mass is 232 g/mol. The summed E-state index contributed by atoms with van der Waals surface area (Å²) in [4.78, 5) is 23.4. The molecule has 6 heteroatoms. The Hall–Kier alpha value is -2.24. The van der Waals surface area contributed by atoms with Gasteiger partial charge in [0.15, 0.2) is 5.69 Å². The average molecular weight is 232 g/mol. The first kappa shape index (κ1) is 11.3. The SMILES string of the molecule is CCCNC(=O)c1coc(-c2cncnc2)n1. The van der Waals surface area contributed by atoms with E-state index in [9.17, 15) is 4.79 Å². The van der Waals surface area contributed by atoms with Crippen LogP contribution in [0, 0.1) is 0 Å². The van der Waals surface area contributed by atoms with E-state index in [-0.39, 0.29) is 11.6 Å². The Bertz CT molecular complexity index is 495. The van der Waals surface area contributed by atoms with Crippen molar-refractivity contribution in [2.75, 3.05) is 6.54 Å². The molecular weight excluding hydrogens is 220 g/mol. The second kappa shape index (κ2) is 5.20. The van der Waals surface area contributed by atoms with Gasteiger partial charge in [-0.25, -0.2) is 15.0 Å². The van der Waals surface area contributed by atoms with Crippen LogP contribution in [0.3, 0.4) is 0 Å². The summed E-state index contributed by atoms with van der Waals surface area (Å²) in [6.45, 7) is 2.60. The zero-order valence-corrected chi connectivity index (χ0v) is 9.38. The van der Waals surface area contributed by atoms with Gasteiger partial charge in [0, 0.05) is 18.9 Å². The summed E-state index contributed by atoms with van der Waals surface area (Å²) in [5.74, 6) is 0.103. The van der Waals surface area contributed by atoms with Crippen molar-refractivity contribution in [3.8, 4) is 11.5 Å². The molecular formula is C11H12N4O2. The average Bonchev–Trinajstić information content (AvgIpc) is 2.86. The molecule has 88 valence electrons. The number of nitrogens with zero attached hydrogens (tertiary/aromatic N) is 3. The number of aromatic nitrogens is 3. The van der Waals surface area contributed by atoms with Crippen LogP contribution in [0.1, 0.15) is 23.8 Å². The fraction of sp³-hybridized carbons (Fsp3) is 0.273. The third kappa shape index (κ3) is 2.66. The van der Waals surface area contributed by atoms with E-state index in [2.05, 4.69) is 20.3 Å². The van der Waals surface area contributed by atoms with Crippen molar-refractivity contribution in [2.45, 2.75) is 13.3 Å². The summed E-state index contributed by atoms with van der Waals surface area (Å²) < 4.78 is 5.20. The lowest BCUT2D eigenvalue weighted by Gasteiger charge is -1.97. The smallest absolute Gasteiger partial charge is 0.273 e. The summed E-state index contributed by atoms with van der Waals surface area (Å²) in [6.07, 6.45) is 6.77. The molecule has 1 amide bonds. The molecule has 0 saturated carbocycles. The zero-order valence-electron chi connectivity index (χ0n) is 9.38. The summed E-state index contributed by atoms with van der Waals surface area (Å²) >= 11 is 0. The van der Waals surface area contributed by atoms with Gasteiger partial charge in [0.2, 0.25) is 5.89 Å². The van der Waals surface area contributed by atoms with Crippen LogP contribution in [0.5, 0.6) is 0 Å². The van der Waals surface area contributed by atoms with Gasteiger partial charge in [-0.3, -0.25) is 4.79 Å². The van der Waals surface area contributed by atoms with Crippen LogP contribution in [0.4, 0.5) is 0 Å². The van der Waals surface area contributed by atoms with Crippen molar-refractivity contribution in [1.82, 2.24) is 20.3 Å². The third-order valence-corrected chi connectivity index (χ3v) is 2.08. The first-order valence-corrected chi connectivity index (χ1v) is 5.30. The number of amides is 1. The van der Waals surface area contributed by atoms with E-state index >= 15 is 0 Å². The Labute approximate surface area is 98.1 Å². The highest BCUT2D eigenvalue weighted by Crippen LogP contribution is 2.15. The third-order valence-electron chi connectivity index (χ3n) is 2.08. The predicted molar refractivity (Wildman–Crippen MR) is 60.2 cm³/mol. The summed E-state index contributed by atoms with van der Waals surface area (Å²) in [7, 11) is 0. The summed E-state index contributed by atoms with van der Waals surface area (Å²) in [6, 6.07) is 0. The summed E-state index contributed by atoms with van der Waals surface area (Å²) in [5, 5.41) is 2.72. The van der Waals surface area contributed by atoms with Crippen molar-refractivity contribution in [3.05, 3.63) is 30.7 Å². The highest BCUT2D eigenvalue weighted by Gasteiger charge is 2.12. The molecule has 0 bridgehead atoms. The van der Waals surface area contributed by atoms with Crippen LogP contribution in [-0.4, -0.2) is 27.4 Å². The summed E-state index contributed by atoms with van der Waals surface area (Å²) in [5.41, 5.74) is 0.902. The van der Waals surface area contributed by atoms with Crippen LogP contribution in [-0.2, 0) is 0 Å². The van der Waals surface area contributed by atoms with Crippen molar-refractivity contribution in [2.24, 2.45) is 0 Å². The Morgan fingerprint density at radius 1 is 1.41 bits per heavy atom. The molecule has 2 rings (SSSR count). The molecule has 2 heterocycles. The topological polar surface area (TPSA) is 80.9 Å². The largest absolute Gasteiger partial charge is 0.444 e. The lowest BCUT2D eigenvalue weighted by molar-refractivity contribution is 0.0948. The van der Waals surface area contributed by atoms with Gasteiger partial charge in [-0.15, -0.1) is 0 Å². The Balaban J connectivity index is 2.14. The van der Waals surface area contributed by atoms with Gasteiger partial charge < -0.3 is 9.73 Å². The lowest BCUT2D eigenvalue weighted by atomic mass is 10.3. The van der Waals surface area contributed by atoms with Gasteiger partial charge in [0.25, 0.3) is 5.91 Å².